The van der Waals surface area contributed by atoms with Gasteiger partial charge in [-0.05, 0) is 13.8 Å². The minimum atomic E-state index is 0. The summed E-state index contributed by atoms with van der Waals surface area (Å²) >= 11 is 0. The maximum absolute atomic E-state index is 3.36. The van der Waals surface area contributed by atoms with Gasteiger partial charge >= 0.3 is 21.7 Å². The van der Waals surface area contributed by atoms with Crippen LogP contribution in [-0.2, 0) is 21.7 Å². The summed E-state index contributed by atoms with van der Waals surface area (Å²) in [5.41, 5.74) is 9.52. The smallest absolute Gasteiger partial charge is 0.358 e. The second-order valence-electron chi connectivity index (χ2n) is 7.27. The topological polar surface area (TPSA) is 0 Å². The summed E-state index contributed by atoms with van der Waals surface area (Å²) in [6.45, 7) is 17.1. The van der Waals surface area contributed by atoms with Gasteiger partial charge in [-0.3, -0.25) is 6.08 Å². The van der Waals surface area contributed by atoms with Gasteiger partial charge in [-0.15, -0.1) is 44.1 Å². The van der Waals surface area contributed by atoms with E-state index in [1.807, 2.05) is 22.4 Å². The third-order valence-electron chi connectivity index (χ3n) is 4.85. The van der Waals surface area contributed by atoms with Crippen molar-refractivity contribution in [3.63, 3.8) is 0 Å². The largest absolute Gasteiger partial charge is 3.00 e. The fourth-order valence-corrected chi connectivity index (χ4v) is 3.48. The summed E-state index contributed by atoms with van der Waals surface area (Å²) in [5.74, 6) is 0.560. The van der Waals surface area contributed by atoms with Gasteiger partial charge in [0, 0.05) is 10.2 Å². The van der Waals surface area contributed by atoms with E-state index in [0.29, 0.717) is 5.92 Å². The first-order valence-electron chi connectivity index (χ1n) is 9.23. The molecular weight excluding hydrogens is 495 g/mol. The van der Waals surface area contributed by atoms with Crippen LogP contribution in [0.15, 0.2) is 53.1 Å². The van der Waals surface area contributed by atoms with Crippen molar-refractivity contribution < 1.29 is 21.7 Å². The Labute approximate surface area is 229 Å². The molecule has 1 atom stereocenters. The molecule has 172 valence electrons. The second kappa shape index (κ2) is 20.3. The van der Waals surface area contributed by atoms with Crippen LogP contribution in [0.5, 0.6) is 0 Å². The molecule has 3 rings (SSSR count). The number of benzene rings is 2. The van der Waals surface area contributed by atoms with Crippen LogP contribution in [0.25, 0.3) is 0 Å². The van der Waals surface area contributed by atoms with E-state index < -0.39 is 0 Å². The van der Waals surface area contributed by atoms with Crippen molar-refractivity contribution in [2.45, 2.75) is 55.4 Å². The van der Waals surface area contributed by atoms with Crippen LogP contribution in [-0.4, -0.2) is 10.2 Å². The molecule has 0 saturated carbocycles. The number of halogens is 3. The molecule has 2 radical (unpaired) electrons. The zero-order valence-electron chi connectivity index (χ0n) is 20.5. The standard InChI is InChI=1S/C9H13.C8H11Si.C8H9.CH3.3ClH.Ti/c1-6-5-7(2)9(4)8(6)3;1-6-3-7(2)5-8(9)4-6;1-7-5-3-4-6-8(7)2;;;;;/h6H,1-4H3;3-5H,9H2,1-2H3;3-5H,1-2H3;1H3;3*1H;/q-1;;2*-1;;;;+3. The van der Waals surface area contributed by atoms with Crippen molar-refractivity contribution in [2.75, 3.05) is 0 Å². The maximum atomic E-state index is 3.36. The molecular formula is C26H39Cl3SiTi. The number of hydrogen-bond donors (Lipinski definition) is 0. The molecule has 1 unspecified atom stereocenters. The summed E-state index contributed by atoms with van der Waals surface area (Å²) in [7, 11) is 1.93. The molecule has 2 aromatic carbocycles. The molecule has 0 aromatic heterocycles. The van der Waals surface area contributed by atoms with Gasteiger partial charge in [0.25, 0.3) is 0 Å². The van der Waals surface area contributed by atoms with E-state index in [9.17, 15) is 0 Å². The molecule has 0 amide bonds. The van der Waals surface area contributed by atoms with Gasteiger partial charge in [-0.2, -0.15) is 46.5 Å². The molecule has 2 aromatic rings. The van der Waals surface area contributed by atoms with E-state index in [2.05, 4.69) is 91.8 Å². The first kappa shape index (κ1) is 41.0. The van der Waals surface area contributed by atoms with Crippen molar-refractivity contribution in [3.05, 3.63) is 94.9 Å². The van der Waals surface area contributed by atoms with Crippen LogP contribution in [0.4, 0.5) is 0 Å². The predicted molar refractivity (Wildman–Crippen MR) is 147 cm³/mol. The number of aryl methyl sites for hydroxylation is 4. The Hall–Kier alpha value is -0.279. The molecule has 1 aliphatic rings. The Morgan fingerprint density at radius 1 is 0.839 bits per heavy atom. The molecule has 0 bridgehead atoms. The van der Waals surface area contributed by atoms with Gasteiger partial charge in [0.2, 0.25) is 0 Å². The van der Waals surface area contributed by atoms with E-state index in [4.69, 9.17) is 0 Å². The number of rotatable bonds is 0. The van der Waals surface area contributed by atoms with Crippen molar-refractivity contribution in [2.24, 2.45) is 5.92 Å². The van der Waals surface area contributed by atoms with Crippen molar-refractivity contribution in [1.29, 1.82) is 0 Å². The average molecular weight is 534 g/mol. The first-order chi connectivity index (χ1) is 12.1. The van der Waals surface area contributed by atoms with Crippen LogP contribution in [0.2, 0.25) is 0 Å². The molecule has 5 heteroatoms. The van der Waals surface area contributed by atoms with Crippen LogP contribution < -0.4 is 5.19 Å². The van der Waals surface area contributed by atoms with E-state index in [1.54, 1.807) is 0 Å². The second-order valence-corrected chi connectivity index (χ2v) is 8.09. The SMILES string of the molecule is CC1=[C-]C(C)C(C)=C1C.Cc1[c-]cccc1C.Cc1cc(C)cc([SiH2])c1.Cl.Cl.Cl.[CH3-].[Ti+3]. The van der Waals surface area contributed by atoms with Gasteiger partial charge in [0.1, 0.15) is 0 Å². The maximum Gasteiger partial charge on any atom is 3.00 e. The Kier molecular flexibility index (Phi) is 26.9. The number of hydrogen-bond acceptors (Lipinski definition) is 0. The van der Waals surface area contributed by atoms with E-state index in [0.717, 1.165) is 0 Å². The zero-order chi connectivity index (χ0) is 19.9. The zero-order valence-corrected chi connectivity index (χ0v) is 25.9. The van der Waals surface area contributed by atoms with Gasteiger partial charge < -0.3 is 7.43 Å². The fourth-order valence-electron chi connectivity index (χ4n) is 2.84. The Morgan fingerprint density at radius 2 is 1.32 bits per heavy atom. The summed E-state index contributed by atoms with van der Waals surface area (Å²) in [6.07, 6.45) is 3.36. The molecule has 0 heterocycles. The summed E-state index contributed by atoms with van der Waals surface area (Å²) in [4.78, 5) is 0. The third-order valence-corrected chi connectivity index (χ3v) is 5.26. The molecule has 0 spiro atoms. The van der Waals surface area contributed by atoms with Crippen LogP contribution >= 0.6 is 37.2 Å². The number of allylic oxidation sites excluding steroid dienone is 4. The Balaban J connectivity index is -0.000000101. The van der Waals surface area contributed by atoms with Gasteiger partial charge in [0.05, 0.1) is 0 Å². The monoisotopic (exact) mass is 532 g/mol. The van der Waals surface area contributed by atoms with E-state index in [-0.39, 0.29) is 66.4 Å². The Morgan fingerprint density at radius 3 is 1.55 bits per heavy atom. The predicted octanol–water partition coefficient (Wildman–Crippen LogP) is 7.10. The average Bonchev–Trinajstić information content (AvgIpc) is 2.76. The van der Waals surface area contributed by atoms with E-state index >= 15 is 0 Å². The minimum Gasteiger partial charge on any atom is -0.358 e. The van der Waals surface area contributed by atoms with Gasteiger partial charge in [-0.1, -0.05) is 75.0 Å². The van der Waals surface area contributed by atoms with Crippen molar-refractivity contribution in [3.8, 4) is 0 Å². The molecule has 31 heavy (non-hydrogen) atoms. The van der Waals surface area contributed by atoms with E-state index in [1.165, 1.54) is 44.2 Å². The van der Waals surface area contributed by atoms with Gasteiger partial charge in [-0.25, -0.2) is 5.57 Å². The molecule has 1 aliphatic carbocycles. The first-order valence-corrected chi connectivity index (χ1v) is 9.94. The van der Waals surface area contributed by atoms with Crippen LogP contribution in [0, 0.1) is 53.2 Å². The molecule has 0 fully saturated rings. The summed E-state index contributed by atoms with van der Waals surface area (Å²) in [6, 6.07) is 15.7. The van der Waals surface area contributed by atoms with Crippen LogP contribution in [0.1, 0.15) is 49.9 Å². The molecule has 0 N–H and O–H groups in total. The van der Waals surface area contributed by atoms with Gasteiger partial charge in [0.15, 0.2) is 0 Å². The van der Waals surface area contributed by atoms with Crippen molar-refractivity contribution >= 4 is 52.7 Å². The Bertz CT molecular complexity index is 743. The molecule has 0 nitrogen and oxygen atoms in total. The summed E-state index contributed by atoms with van der Waals surface area (Å²) < 4.78 is 0. The summed E-state index contributed by atoms with van der Waals surface area (Å²) in [5, 5.41) is 1.38. The fraction of sp³-hybridized carbons (Fsp3) is 0.346. The molecule has 0 saturated heterocycles. The van der Waals surface area contributed by atoms with Crippen LogP contribution in [0.3, 0.4) is 0 Å². The van der Waals surface area contributed by atoms with Crippen molar-refractivity contribution in [1.82, 2.24) is 0 Å². The minimum absolute atomic E-state index is 0. The molecule has 0 aliphatic heterocycles. The third kappa shape index (κ3) is 15.2. The quantitative estimate of drug-likeness (QED) is 0.250. The normalized spacial score (nSPS) is 13.1.